The third kappa shape index (κ3) is 6.75. The second kappa shape index (κ2) is 8.25. The second-order valence-corrected chi connectivity index (χ2v) is 6.23. The van der Waals surface area contributed by atoms with Crippen molar-refractivity contribution in [2.75, 3.05) is 12.3 Å². The fraction of sp³-hybridized carbons (Fsp3) is 0.417. The highest BCUT2D eigenvalue weighted by atomic mass is 32.2. The van der Waals surface area contributed by atoms with Gasteiger partial charge in [0.25, 0.3) is 5.91 Å². The first kappa shape index (κ1) is 17.0. The van der Waals surface area contributed by atoms with Crippen molar-refractivity contribution >= 4 is 15.9 Å². The fourth-order valence-corrected chi connectivity index (χ4v) is 2.68. The van der Waals surface area contributed by atoms with Gasteiger partial charge in [0.2, 0.25) is 10.0 Å². The molecule has 1 rings (SSSR count). The maximum atomic E-state index is 11.8. The van der Waals surface area contributed by atoms with Gasteiger partial charge in [0.15, 0.2) is 0 Å². The van der Waals surface area contributed by atoms with E-state index in [0.29, 0.717) is 0 Å². The summed E-state index contributed by atoms with van der Waals surface area (Å²) in [7, 11) is -3.76. The van der Waals surface area contributed by atoms with Crippen LogP contribution in [0.2, 0.25) is 0 Å². The van der Waals surface area contributed by atoms with Gasteiger partial charge in [-0.25, -0.2) is 8.42 Å². The molecule has 0 saturated heterocycles. The number of hydrogen-bond acceptors (Lipinski definition) is 5. The molecular formula is C12H17N5O3S. The number of sulfonamides is 1. The van der Waals surface area contributed by atoms with E-state index in [2.05, 4.69) is 10.0 Å². The zero-order chi connectivity index (χ0) is 15.7. The molecule has 21 heavy (non-hydrogen) atoms. The number of rotatable bonds is 8. The highest BCUT2D eigenvalue weighted by Gasteiger charge is 2.20. The quantitative estimate of drug-likeness (QED) is 0.316. The number of carbonyl (C=O) groups is 1. The van der Waals surface area contributed by atoms with Crippen LogP contribution in [0.4, 0.5) is 0 Å². The van der Waals surface area contributed by atoms with Crippen LogP contribution >= 0.6 is 0 Å². The zero-order valence-corrected chi connectivity index (χ0v) is 12.2. The Labute approximate surface area is 123 Å². The number of nitrogens with two attached hydrogens (primary N) is 1. The summed E-state index contributed by atoms with van der Waals surface area (Å²) in [4.78, 5) is 14.3. The molecule has 0 aliphatic heterocycles. The number of hydrogen-bond donors (Lipinski definition) is 2. The molecule has 0 saturated carbocycles. The third-order valence-electron chi connectivity index (χ3n) is 2.63. The van der Waals surface area contributed by atoms with Crippen molar-refractivity contribution in [3.05, 3.63) is 46.3 Å². The second-order valence-electron chi connectivity index (χ2n) is 4.39. The van der Waals surface area contributed by atoms with Gasteiger partial charge in [0, 0.05) is 11.5 Å². The van der Waals surface area contributed by atoms with Crippen molar-refractivity contribution in [3.63, 3.8) is 0 Å². The van der Waals surface area contributed by atoms with Crippen molar-refractivity contribution in [3.8, 4) is 0 Å². The van der Waals surface area contributed by atoms with E-state index in [1.54, 1.807) is 0 Å². The largest absolute Gasteiger partial charge is 0.320 e. The maximum Gasteiger partial charge on any atom is 0.250 e. The molecule has 1 atom stereocenters. The summed E-state index contributed by atoms with van der Waals surface area (Å²) in [5, 5.41) is 3.22. The molecule has 1 aromatic carbocycles. The van der Waals surface area contributed by atoms with E-state index in [4.69, 9.17) is 11.3 Å². The molecule has 1 amide bonds. The van der Waals surface area contributed by atoms with E-state index in [9.17, 15) is 13.2 Å². The van der Waals surface area contributed by atoms with Crippen molar-refractivity contribution in [1.29, 1.82) is 0 Å². The Balaban J connectivity index is 2.49. The van der Waals surface area contributed by atoms with E-state index in [0.717, 1.165) is 5.56 Å². The molecule has 8 nitrogen and oxygen atoms in total. The number of carbonyl (C=O) groups excluding carboxylic acids is 1. The Bertz CT molecular complexity index is 611. The number of benzene rings is 1. The van der Waals surface area contributed by atoms with E-state index in [-0.39, 0.29) is 25.1 Å². The van der Waals surface area contributed by atoms with Gasteiger partial charge >= 0.3 is 0 Å². The van der Waals surface area contributed by atoms with Crippen LogP contribution in [-0.2, 0) is 21.2 Å². The minimum absolute atomic E-state index is 0.0572. The lowest BCUT2D eigenvalue weighted by Gasteiger charge is -2.12. The molecule has 0 unspecified atom stereocenters. The van der Waals surface area contributed by atoms with Crippen LogP contribution in [0.1, 0.15) is 12.0 Å². The Hall–Kier alpha value is -2.09. The Kier molecular flexibility index (Phi) is 6.67. The predicted molar refractivity (Wildman–Crippen MR) is 78.7 cm³/mol. The van der Waals surface area contributed by atoms with Crippen LogP contribution in [0.15, 0.2) is 35.4 Å². The maximum absolute atomic E-state index is 11.8. The van der Waals surface area contributed by atoms with Gasteiger partial charge in [0.05, 0.1) is 11.8 Å². The Morgan fingerprint density at radius 3 is 2.67 bits per heavy atom. The van der Waals surface area contributed by atoms with Crippen LogP contribution in [-0.4, -0.2) is 32.7 Å². The molecule has 3 N–H and O–H groups in total. The Morgan fingerprint density at radius 2 is 2.05 bits per heavy atom. The fourth-order valence-electron chi connectivity index (χ4n) is 1.61. The summed E-state index contributed by atoms with van der Waals surface area (Å²) in [5.41, 5.74) is 14.6. The number of nitrogens with zero attached hydrogens (tertiary/aromatic N) is 3. The first-order valence-corrected chi connectivity index (χ1v) is 7.94. The number of amides is 1. The molecule has 0 aliphatic rings. The monoisotopic (exact) mass is 311 g/mol. The van der Waals surface area contributed by atoms with E-state index in [1.165, 1.54) is 0 Å². The van der Waals surface area contributed by atoms with Gasteiger partial charge in [-0.1, -0.05) is 35.4 Å². The molecule has 0 aliphatic carbocycles. The van der Waals surface area contributed by atoms with Crippen molar-refractivity contribution in [2.45, 2.75) is 18.9 Å². The topological polar surface area (TPSA) is 138 Å². The zero-order valence-electron chi connectivity index (χ0n) is 11.3. The molecule has 0 spiro atoms. The normalized spacial score (nSPS) is 12.2. The molecule has 9 heteroatoms. The molecule has 1 aromatic rings. The van der Waals surface area contributed by atoms with Crippen molar-refractivity contribution < 1.29 is 13.2 Å². The molecule has 114 valence electrons. The molecule has 0 radical (unpaired) electrons. The lowest BCUT2D eigenvalue weighted by Crippen LogP contribution is -2.45. The summed E-state index contributed by atoms with van der Waals surface area (Å²) in [5.74, 6) is -1.04. The Morgan fingerprint density at radius 1 is 1.38 bits per heavy atom. The van der Waals surface area contributed by atoms with E-state index in [1.807, 2.05) is 35.1 Å². The first-order valence-electron chi connectivity index (χ1n) is 6.29. The van der Waals surface area contributed by atoms with Gasteiger partial charge in [-0.2, -0.15) is 0 Å². The standard InChI is InChI=1S/C12H17N5O3S/c13-11(9-10-5-2-1-3-6-10)12(18)16-21(19,20)8-4-7-15-17-14/h1-3,5-6,11H,4,7-9,13H2,(H,16,18)/t11-/m0/s1. The molecular weight excluding hydrogens is 294 g/mol. The number of azide groups is 1. The summed E-state index contributed by atoms with van der Waals surface area (Å²) in [6.45, 7) is 0.0572. The van der Waals surface area contributed by atoms with Crippen molar-refractivity contribution in [1.82, 2.24) is 4.72 Å². The average molecular weight is 311 g/mol. The minimum atomic E-state index is -3.76. The van der Waals surface area contributed by atoms with Crippen molar-refractivity contribution in [2.24, 2.45) is 10.8 Å². The van der Waals surface area contributed by atoms with E-state index < -0.39 is 22.0 Å². The summed E-state index contributed by atoms with van der Waals surface area (Å²) < 4.78 is 25.2. The summed E-state index contributed by atoms with van der Waals surface area (Å²) in [6.07, 6.45) is 0.390. The van der Waals surface area contributed by atoms with Gasteiger partial charge < -0.3 is 5.73 Å². The van der Waals surface area contributed by atoms with Gasteiger partial charge in [-0.05, 0) is 23.9 Å². The molecule has 0 aromatic heterocycles. The lowest BCUT2D eigenvalue weighted by atomic mass is 10.1. The minimum Gasteiger partial charge on any atom is -0.320 e. The van der Waals surface area contributed by atoms with Gasteiger partial charge in [0.1, 0.15) is 0 Å². The molecule has 0 fully saturated rings. The van der Waals surface area contributed by atoms with Crippen LogP contribution in [0.25, 0.3) is 10.4 Å². The lowest BCUT2D eigenvalue weighted by molar-refractivity contribution is -0.120. The highest BCUT2D eigenvalue weighted by molar-refractivity contribution is 7.90. The van der Waals surface area contributed by atoms with Gasteiger partial charge in [-0.15, -0.1) is 0 Å². The molecule has 0 bridgehead atoms. The van der Waals surface area contributed by atoms with Gasteiger partial charge in [-0.3, -0.25) is 9.52 Å². The third-order valence-corrected chi connectivity index (χ3v) is 3.96. The van der Waals surface area contributed by atoms with Crippen LogP contribution in [0.5, 0.6) is 0 Å². The summed E-state index contributed by atoms with van der Waals surface area (Å²) >= 11 is 0. The SMILES string of the molecule is [N-]=[N+]=NCCCS(=O)(=O)NC(=O)[C@@H](N)Cc1ccccc1. The smallest absolute Gasteiger partial charge is 0.250 e. The van der Waals surface area contributed by atoms with Crippen LogP contribution in [0.3, 0.4) is 0 Å². The first-order chi connectivity index (χ1) is 9.94. The van der Waals surface area contributed by atoms with Crippen LogP contribution < -0.4 is 10.5 Å². The highest BCUT2D eigenvalue weighted by Crippen LogP contribution is 2.02. The summed E-state index contributed by atoms with van der Waals surface area (Å²) in [6, 6.07) is 8.13. The predicted octanol–water partition coefficient (Wildman–Crippen LogP) is 0.703. The average Bonchev–Trinajstić information content (AvgIpc) is 2.44. The molecule has 0 heterocycles. The number of nitrogens with one attached hydrogen (secondary N) is 1. The van der Waals surface area contributed by atoms with E-state index >= 15 is 0 Å². The van der Waals surface area contributed by atoms with Crippen LogP contribution in [0, 0.1) is 0 Å².